The molecule has 9 heteroatoms. The summed E-state index contributed by atoms with van der Waals surface area (Å²) in [7, 11) is 0. The molecule has 0 saturated carbocycles. The Balaban J connectivity index is 1.44. The number of aliphatic hydroxyl groups is 1. The van der Waals surface area contributed by atoms with Gasteiger partial charge in [0.1, 0.15) is 18.3 Å². The Kier molecular flexibility index (Phi) is 5.07. The van der Waals surface area contributed by atoms with Crippen LogP contribution in [0.2, 0.25) is 0 Å². The minimum Gasteiger partial charge on any atom is -0.441 e. The van der Waals surface area contributed by atoms with Crippen LogP contribution in [0.3, 0.4) is 0 Å². The van der Waals surface area contributed by atoms with Gasteiger partial charge in [0.05, 0.1) is 43.3 Å². The minimum atomic E-state index is -0.588. The molecule has 8 nitrogen and oxygen atoms in total. The van der Waals surface area contributed by atoms with Crippen molar-refractivity contribution >= 4 is 23.8 Å². The number of amides is 1. The zero-order valence-electron chi connectivity index (χ0n) is 15.1. The molecule has 146 valence electrons. The van der Waals surface area contributed by atoms with Gasteiger partial charge in [-0.2, -0.15) is 5.10 Å². The quantitative estimate of drug-likeness (QED) is 0.845. The number of aliphatic hydroxyl groups excluding tert-OH is 1. The first kappa shape index (κ1) is 18.2. The number of halogens is 1. The van der Waals surface area contributed by atoms with E-state index in [4.69, 9.17) is 9.84 Å². The molecule has 0 spiro atoms. The van der Waals surface area contributed by atoms with Gasteiger partial charge >= 0.3 is 6.09 Å². The highest BCUT2D eigenvalue weighted by atomic mass is 19.1. The summed E-state index contributed by atoms with van der Waals surface area (Å²) in [5, 5.41) is 15.4. The maximum absolute atomic E-state index is 14.7. The molecule has 1 aromatic heterocycles. The third-order valence-corrected chi connectivity index (χ3v) is 4.65. The van der Waals surface area contributed by atoms with Crippen LogP contribution >= 0.6 is 0 Å². The van der Waals surface area contributed by atoms with E-state index in [-0.39, 0.29) is 13.2 Å². The second kappa shape index (κ2) is 7.81. The van der Waals surface area contributed by atoms with Crippen LogP contribution in [0.15, 0.2) is 47.7 Å². The third-order valence-electron chi connectivity index (χ3n) is 4.65. The van der Waals surface area contributed by atoms with Crippen molar-refractivity contribution < 1.29 is 19.0 Å². The molecule has 2 aliphatic heterocycles. The van der Waals surface area contributed by atoms with E-state index in [2.05, 4.69) is 10.1 Å². The van der Waals surface area contributed by atoms with E-state index in [0.717, 1.165) is 5.69 Å². The summed E-state index contributed by atoms with van der Waals surface area (Å²) in [5.74, 6) is -0.456. The Morgan fingerprint density at radius 3 is 2.79 bits per heavy atom. The third kappa shape index (κ3) is 3.74. The van der Waals surface area contributed by atoms with Crippen LogP contribution in [-0.4, -0.2) is 59.9 Å². The van der Waals surface area contributed by atoms with E-state index in [1.165, 1.54) is 11.0 Å². The number of cyclic esters (lactones) is 1. The van der Waals surface area contributed by atoms with Crippen LogP contribution in [0.5, 0.6) is 0 Å². The molecule has 0 aliphatic carbocycles. The smallest absolute Gasteiger partial charge is 0.414 e. The maximum Gasteiger partial charge on any atom is 0.414 e. The van der Waals surface area contributed by atoms with Crippen molar-refractivity contribution in [3.63, 3.8) is 0 Å². The molecule has 1 atom stereocenters. The van der Waals surface area contributed by atoms with Crippen LogP contribution in [0.4, 0.5) is 20.6 Å². The zero-order chi connectivity index (χ0) is 19.5. The van der Waals surface area contributed by atoms with Crippen molar-refractivity contribution in [2.24, 2.45) is 5.10 Å². The van der Waals surface area contributed by atoms with Crippen LogP contribution in [0, 0.1) is 5.82 Å². The summed E-state index contributed by atoms with van der Waals surface area (Å²) in [6.45, 7) is 1.73. The van der Waals surface area contributed by atoms with Gasteiger partial charge in [0, 0.05) is 12.7 Å². The van der Waals surface area contributed by atoms with E-state index in [1.807, 2.05) is 23.2 Å². The van der Waals surface area contributed by atoms with E-state index in [0.29, 0.717) is 31.0 Å². The SMILES string of the molecule is O=C1OC(CO)CN1c1ccc(N2C=NN(Cc3ccccn3)CC2)c(F)c1. The highest BCUT2D eigenvalue weighted by Crippen LogP contribution is 2.28. The number of pyridine rings is 1. The van der Waals surface area contributed by atoms with Crippen molar-refractivity contribution in [3.8, 4) is 0 Å². The standard InChI is InChI=1S/C19H20FN5O3/c20-17-9-15(25-11-16(12-26)28-19(25)27)4-5-18(17)23-7-8-24(22-13-23)10-14-3-1-2-6-21-14/h1-6,9,13,16,26H,7-8,10-12H2. The molecule has 1 N–H and O–H groups in total. The first-order valence-electron chi connectivity index (χ1n) is 8.98. The van der Waals surface area contributed by atoms with Crippen LogP contribution < -0.4 is 9.80 Å². The van der Waals surface area contributed by atoms with Gasteiger partial charge < -0.3 is 14.7 Å². The number of carbonyl (C=O) groups excluding carboxylic acids is 1. The van der Waals surface area contributed by atoms with Gasteiger partial charge in [-0.05, 0) is 30.3 Å². The summed E-state index contributed by atoms with van der Waals surface area (Å²) >= 11 is 0. The monoisotopic (exact) mass is 385 g/mol. The Bertz CT molecular complexity index is 879. The lowest BCUT2D eigenvalue weighted by atomic mass is 10.2. The first-order valence-corrected chi connectivity index (χ1v) is 8.98. The Morgan fingerprint density at radius 1 is 1.25 bits per heavy atom. The fourth-order valence-corrected chi connectivity index (χ4v) is 3.18. The maximum atomic E-state index is 14.7. The number of hydrazone groups is 1. The molecule has 0 bridgehead atoms. The Hall–Kier alpha value is -3.20. The van der Waals surface area contributed by atoms with E-state index in [9.17, 15) is 9.18 Å². The predicted octanol–water partition coefficient (Wildman–Crippen LogP) is 1.80. The molecule has 1 unspecified atom stereocenters. The lowest BCUT2D eigenvalue weighted by molar-refractivity contribution is 0.0963. The van der Waals surface area contributed by atoms with E-state index >= 15 is 0 Å². The predicted molar refractivity (Wildman–Crippen MR) is 102 cm³/mol. The van der Waals surface area contributed by atoms with Crippen molar-refractivity contribution in [3.05, 3.63) is 54.1 Å². The number of hydrogen-bond donors (Lipinski definition) is 1. The highest BCUT2D eigenvalue weighted by molar-refractivity contribution is 5.90. The van der Waals surface area contributed by atoms with Gasteiger partial charge in [0.15, 0.2) is 0 Å². The van der Waals surface area contributed by atoms with Gasteiger partial charge in [-0.3, -0.25) is 14.9 Å². The summed E-state index contributed by atoms with van der Waals surface area (Å²) in [6.07, 6.45) is 2.16. The molecule has 2 aromatic rings. The molecule has 1 saturated heterocycles. The van der Waals surface area contributed by atoms with Crippen molar-refractivity contribution in [1.82, 2.24) is 9.99 Å². The van der Waals surface area contributed by atoms with Crippen molar-refractivity contribution in [2.75, 3.05) is 36.0 Å². The first-order chi connectivity index (χ1) is 13.6. The molecule has 1 amide bonds. The summed E-state index contributed by atoms with van der Waals surface area (Å²) in [4.78, 5) is 19.2. The van der Waals surface area contributed by atoms with Crippen LogP contribution in [-0.2, 0) is 11.3 Å². The number of benzene rings is 1. The number of anilines is 2. The molecule has 4 rings (SSSR count). The molecule has 1 aromatic carbocycles. The Morgan fingerprint density at radius 2 is 2.14 bits per heavy atom. The number of nitrogens with zero attached hydrogens (tertiary/aromatic N) is 5. The van der Waals surface area contributed by atoms with Crippen LogP contribution in [0.1, 0.15) is 5.69 Å². The molecule has 3 heterocycles. The van der Waals surface area contributed by atoms with Gasteiger partial charge in [0.25, 0.3) is 0 Å². The molecule has 0 radical (unpaired) electrons. The molecule has 28 heavy (non-hydrogen) atoms. The number of carbonyl (C=O) groups is 1. The van der Waals surface area contributed by atoms with E-state index < -0.39 is 18.0 Å². The van der Waals surface area contributed by atoms with Crippen LogP contribution in [0.25, 0.3) is 0 Å². The van der Waals surface area contributed by atoms with Gasteiger partial charge in [0.2, 0.25) is 0 Å². The number of ether oxygens (including phenoxy) is 1. The average Bonchev–Trinajstić information content (AvgIpc) is 3.10. The normalized spacial score (nSPS) is 19.3. The van der Waals surface area contributed by atoms with Gasteiger partial charge in [-0.1, -0.05) is 6.07 Å². The van der Waals surface area contributed by atoms with Crippen molar-refractivity contribution in [2.45, 2.75) is 12.6 Å². The molecule has 1 fully saturated rings. The average molecular weight is 385 g/mol. The lowest BCUT2D eigenvalue weighted by Gasteiger charge is -2.30. The molecular weight excluding hydrogens is 365 g/mol. The number of rotatable bonds is 5. The molecule has 2 aliphatic rings. The van der Waals surface area contributed by atoms with Gasteiger partial charge in [-0.25, -0.2) is 9.18 Å². The Labute approximate surface area is 161 Å². The second-order valence-electron chi connectivity index (χ2n) is 6.57. The summed E-state index contributed by atoms with van der Waals surface area (Å²) in [5.41, 5.74) is 1.70. The zero-order valence-corrected chi connectivity index (χ0v) is 15.1. The topological polar surface area (TPSA) is 81.5 Å². The van der Waals surface area contributed by atoms with Gasteiger partial charge in [-0.15, -0.1) is 0 Å². The fourth-order valence-electron chi connectivity index (χ4n) is 3.18. The minimum absolute atomic E-state index is 0.196. The summed E-state index contributed by atoms with van der Waals surface area (Å²) in [6, 6.07) is 10.3. The fraction of sp³-hybridized carbons (Fsp3) is 0.316. The largest absolute Gasteiger partial charge is 0.441 e. The molecular formula is C19H20FN5O3. The van der Waals surface area contributed by atoms with Crippen molar-refractivity contribution in [1.29, 1.82) is 0 Å². The van der Waals surface area contributed by atoms with E-state index in [1.54, 1.807) is 29.6 Å². The number of aromatic nitrogens is 1. The lowest BCUT2D eigenvalue weighted by Crippen LogP contribution is -2.38. The number of hydrogen-bond acceptors (Lipinski definition) is 7. The summed E-state index contributed by atoms with van der Waals surface area (Å²) < 4.78 is 19.7. The highest BCUT2D eigenvalue weighted by Gasteiger charge is 2.32. The second-order valence-corrected chi connectivity index (χ2v) is 6.57.